The lowest BCUT2D eigenvalue weighted by atomic mass is 10.1. The molecule has 5 nitrogen and oxygen atoms in total. The van der Waals surface area contributed by atoms with E-state index in [-0.39, 0.29) is 0 Å². The Morgan fingerprint density at radius 3 is 3.00 bits per heavy atom. The summed E-state index contributed by atoms with van der Waals surface area (Å²) < 4.78 is 2.97. The van der Waals surface area contributed by atoms with E-state index in [2.05, 4.69) is 30.9 Å². The van der Waals surface area contributed by atoms with E-state index in [1.165, 1.54) is 11.3 Å². The number of β-amino-alcohol motifs (C(OH)–C–C–N with tert-alkyl or cyclic N) is 1. The zero-order valence-corrected chi connectivity index (χ0v) is 12.0. The van der Waals surface area contributed by atoms with E-state index < -0.39 is 6.10 Å². The van der Waals surface area contributed by atoms with Gasteiger partial charge < -0.3 is 5.11 Å². The Kier molecular flexibility index (Phi) is 3.47. The average Bonchev–Trinajstić information content (AvgIpc) is 2.93. The molecule has 3 rings (SSSR count). The molecule has 2 aromatic heterocycles. The van der Waals surface area contributed by atoms with Crippen molar-refractivity contribution >= 4 is 27.3 Å². The van der Waals surface area contributed by atoms with E-state index in [4.69, 9.17) is 0 Å². The van der Waals surface area contributed by atoms with E-state index in [1.807, 2.05) is 16.3 Å². The number of rotatable bonds is 4. The van der Waals surface area contributed by atoms with Crippen molar-refractivity contribution in [3.05, 3.63) is 33.5 Å². The zero-order valence-electron chi connectivity index (χ0n) is 9.61. The second kappa shape index (κ2) is 5.08. The largest absolute Gasteiger partial charge is 0.385 e. The van der Waals surface area contributed by atoms with Crippen LogP contribution in [0.25, 0.3) is 0 Å². The van der Waals surface area contributed by atoms with Crippen LogP contribution >= 0.6 is 27.3 Å². The van der Waals surface area contributed by atoms with Crippen LogP contribution in [0.15, 0.2) is 27.8 Å². The molecule has 96 valence electrons. The molecular weight excluding hydrogens is 316 g/mol. The average molecular weight is 329 g/mol. The summed E-state index contributed by atoms with van der Waals surface area (Å²) in [6, 6.07) is 0.416. The number of aromatic nitrogens is 3. The maximum absolute atomic E-state index is 9.98. The first-order valence-corrected chi connectivity index (χ1v) is 7.44. The summed E-state index contributed by atoms with van der Waals surface area (Å²) in [6.07, 6.45) is 3.30. The number of halogens is 1. The van der Waals surface area contributed by atoms with Crippen LogP contribution in [0, 0.1) is 0 Å². The highest BCUT2D eigenvalue weighted by molar-refractivity contribution is 9.10. The third-order valence-corrected chi connectivity index (χ3v) is 4.12. The molecule has 2 aromatic rings. The van der Waals surface area contributed by atoms with Gasteiger partial charge in [-0.2, -0.15) is 5.10 Å². The van der Waals surface area contributed by atoms with Crippen LogP contribution in [-0.4, -0.2) is 44.4 Å². The lowest BCUT2D eigenvalue weighted by Gasteiger charge is -2.39. The smallest absolute Gasteiger partial charge is 0.109 e. The van der Waals surface area contributed by atoms with Gasteiger partial charge >= 0.3 is 0 Å². The van der Waals surface area contributed by atoms with Crippen molar-refractivity contribution in [1.29, 1.82) is 0 Å². The summed E-state index contributed by atoms with van der Waals surface area (Å²) >= 11 is 4.90. The Labute approximate surface area is 117 Å². The molecule has 1 aliphatic rings. The molecule has 3 heterocycles. The number of nitrogens with zero attached hydrogens (tertiary/aromatic N) is 4. The Balaban J connectivity index is 1.51. The fourth-order valence-corrected chi connectivity index (χ4v) is 3.00. The lowest BCUT2D eigenvalue weighted by Crippen LogP contribution is -2.49. The Hall–Kier alpha value is -0.760. The maximum atomic E-state index is 9.98. The van der Waals surface area contributed by atoms with Crippen molar-refractivity contribution in [2.75, 3.05) is 19.6 Å². The number of hydrogen-bond donors (Lipinski definition) is 1. The fraction of sp³-hybridized carbons (Fsp3) is 0.455. The highest BCUT2D eigenvalue weighted by Gasteiger charge is 2.30. The predicted octanol–water partition coefficient (Wildman–Crippen LogP) is 1.69. The van der Waals surface area contributed by atoms with Gasteiger partial charge in [-0.3, -0.25) is 9.58 Å². The van der Waals surface area contributed by atoms with Gasteiger partial charge in [0.15, 0.2) is 0 Å². The van der Waals surface area contributed by atoms with Crippen LogP contribution in [0.1, 0.15) is 17.8 Å². The third-order valence-electron chi connectivity index (χ3n) is 3.11. The molecule has 0 radical (unpaired) electrons. The van der Waals surface area contributed by atoms with E-state index in [0.717, 1.165) is 23.3 Å². The Bertz CT molecular complexity index is 509. The number of hydrogen-bond acceptors (Lipinski definition) is 5. The van der Waals surface area contributed by atoms with Gasteiger partial charge in [-0.25, -0.2) is 4.98 Å². The molecule has 7 heteroatoms. The first-order chi connectivity index (χ1) is 8.72. The van der Waals surface area contributed by atoms with Crippen LogP contribution < -0.4 is 0 Å². The van der Waals surface area contributed by atoms with Gasteiger partial charge in [0.1, 0.15) is 6.10 Å². The highest BCUT2D eigenvalue weighted by Crippen LogP contribution is 2.24. The number of thiazole rings is 1. The maximum Gasteiger partial charge on any atom is 0.109 e. The standard InChI is InChI=1S/C11H13BrN4OS/c12-8-1-14-16(2-8)9-3-15(4-9)5-11(17)10-6-18-7-13-10/h1-2,6-7,9,11,17H,3-5H2. The van der Waals surface area contributed by atoms with Crippen molar-refractivity contribution in [2.45, 2.75) is 12.1 Å². The van der Waals surface area contributed by atoms with E-state index in [1.54, 1.807) is 11.7 Å². The molecule has 0 saturated carbocycles. The molecule has 1 atom stereocenters. The molecule has 0 bridgehead atoms. The number of likely N-dealkylation sites (tertiary alicyclic amines) is 1. The molecule has 0 aliphatic carbocycles. The van der Waals surface area contributed by atoms with Gasteiger partial charge in [0.05, 0.1) is 27.9 Å². The van der Waals surface area contributed by atoms with Crippen molar-refractivity contribution in [2.24, 2.45) is 0 Å². The van der Waals surface area contributed by atoms with Gasteiger partial charge in [0, 0.05) is 31.2 Å². The predicted molar refractivity (Wildman–Crippen MR) is 72.5 cm³/mol. The van der Waals surface area contributed by atoms with Crippen LogP contribution in [-0.2, 0) is 0 Å². The van der Waals surface area contributed by atoms with Gasteiger partial charge in [0.25, 0.3) is 0 Å². The van der Waals surface area contributed by atoms with Crippen molar-refractivity contribution < 1.29 is 5.11 Å². The second-order valence-corrected chi connectivity index (χ2v) is 6.07. The minimum Gasteiger partial charge on any atom is -0.385 e. The number of aliphatic hydroxyl groups excluding tert-OH is 1. The van der Waals surface area contributed by atoms with Gasteiger partial charge in [-0.1, -0.05) is 0 Å². The molecule has 1 saturated heterocycles. The summed E-state index contributed by atoms with van der Waals surface area (Å²) in [5.41, 5.74) is 2.52. The van der Waals surface area contributed by atoms with E-state index >= 15 is 0 Å². The summed E-state index contributed by atoms with van der Waals surface area (Å²) in [5, 5.41) is 16.1. The molecule has 1 unspecified atom stereocenters. The highest BCUT2D eigenvalue weighted by atomic mass is 79.9. The van der Waals surface area contributed by atoms with Crippen LogP contribution in [0.5, 0.6) is 0 Å². The number of aliphatic hydroxyl groups is 1. The Morgan fingerprint density at radius 2 is 2.39 bits per heavy atom. The SMILES string of the molecule is OC(CN1CC(n2cc(Br)cn2)C1)c1cscn1. The summed E-state index contributed by atoms with van der Waals surface area (Å²) in [7, 11) is 0. The quantitative estimate of drug-likeness (QED) is 0.928. The first-order valence-electron chi connectivity index (χ1n) is 5.70. The first kappa shape index (κ1) is 12.3. The molecule has 0 spiro atoms. The summed E-state index contributed by atoms with van der Waals surface area (Å²) in [5.74, 6) is 0. The zero-order chi connectivity index (χ0) is 12.5. The van der Waals surface area contributed by atoms with Crippen molar-refractivity contribution in [3.63, 3.8) is 0 Å². The Morgan fingerprint density at radius 1 is 1.56 bits per heavy atom. The minimum atomic E-state index is -0.485. The molecular formula is C11H13BrN4OS. The normalized spacial score (nSPS) is 18.8. The molecule has 1 aliphatic heterocycles. The van der Waals surface area contributed by atoms with Gasteiger partial charge in [-0.05, 0) is 15.9 Å². The van der Waals surface area contributed by atoms with Gasteiger partial charge in [0.2, 0.25) is 0 Å². The molecule has 0 amide bonds. The third kappa shape index (κ3) is 2.49. The van der Waals surface area contributed by atoms with Crippen molar-refractivity contribution in [3.8, 4) is 0 Å². The van der Waals surface area contributed by atoms with E-state index in [9.17, 15) is 5.11 Å². The van der Waals surface area contributed by atoms with Crippen LogP contribution in [0.2, 0.25) is 0 Å². The van der Waals surface area contributed by atoms with Crippen LogP contribution in [0.4, 0.5) is 0 Å². The molecule has 0 aromatic carbocycles. The van der Waals surface area contributed by atoms with Crippen molar-refractivity contribution in [1.82, 2.24) is 19.7 Å². The summed E-state index contributed by atoms with van der Waals surface area (Å²) in [4.78, 5) is 6.34. The fourth-order valence-electron chi connectivity index (χ4n) is 2.10. The molecule has 1 N–H and O–H groups in total. The monoisotopic (exact) mass is 328 g/mol. The lowest BCUT2D eigenvalue weighted by molar-refractivity contribution is 0.0387. The minimum absolute atomic E-state index is 0.416. The molecule has 1 fully saturated rings. The second-order valence-electron chi connectivity index (χ2n) is 4.44. The van der Waals surface area contributed by atoms with Gasteiger partial charge in [-0.15, -0.1) is 11.3 Å². The summed E-state index contributed by atoms with van der Waals surface area (Å²) in [6.45, 7) is 2.49. The van der Waals surface area contributed by atoms with Crippen LogP contribution in [0.3, 0.4) is 0 Å². The van der Waals surface area contributed by atoms with E-state index in [0.29, 0.717) is 12.6 Å². The molecule has 18 heavy (non-hydrogen) atoms. The topological polar surface area (TPSA) is 54.2 Å².